The van der Waals surface area contributed by atoms with Gasteiger partial charge in [0.1, 0.15) is 0 Å². The third-order valence-electron chi connectivity index (χ3n) is 2.64. The highest BCUT2D eigenvalue weighted by atomic mass is 32.2. The molecule has 0 saturated carbocycles. The molecule has 1 aliphatic rings. The van der Waals surface area contributed by atoms with E-state index >= 15 is 0 Å². The van der Waals surface area contributed by atoms with Crippen LogP contribution in [0.2, 0.25) is 0 Å². The Labute approximate surface area is 92.2 Å². The van der Waals surface area contributed by atoms with Crippen LogP contribution in [0.4, 0.5) is 0 Å². The second kappa shape index (κ2) is 6.70. The Kier molecular flexibility index (Phi) is 5.90. The van der Waals surface area contributed by atoms with Crippen molar-refractivity contribution >= 4 is 11.8 Å². The molecule has 0 amide bonds. The minimum atomic E-state index is 0.464. The van der Waals surface area contributed by atoms with Crippen molar-refractivity contribution in [3.05, 3.63) is 0 Å². The first-order chi connectivity index (χ1) is 6.74. The highest BCUT2D eigenvalue weighted by molar-refractivity contribution is 7.99. The molecular weight excluding hydrogens is 194 g/mol. The Bertz CT molecular complexity index is 154. The van der Waals surface area contributed by atoms with Gasteiger partial charge in [0, 0.05) is 11.9 Å². The Morgan fingerprint density at radius 1 is 1.57 bits per heavy atom. The molecule has 0 aromatic carbocycles. The van der Waals surface area contributed by atoms with E-state index < -0.39 is 0 Å². The van der Waals surface area contributed by atoms with Gasteiger partial charge in [-0.05, 0) is 38.1 Å². The summed E-state index contributed by atoms with van der Waals surface area (Å²) in [4.78, 5) is 0. The van der Waals surface area contributed by atoms with Gasteiger partial charge in [-0.1, -0.05) is 13.8 Å². The standard InChI is InChI=1S/C11H23NOS/c1-4-12-7-9(2)8-14-11-5-6-13-10(11)3/h9-12H,4-8H2,1-3H3. The Morgan fingerprint density at radius 2 is 2.36 bits per heavy atom. The number of rotatable bonds is 6. The van der Waals surface area contributed by atoms with E-state index in [0.29, 0.717) is 6.10 Å². The van der Waals surface area contributed by atoms with E-state index in [1.165, 1.54) is 12.2 Å². The third-order valence-corrected chi connectivity index (χ3v) is 4.45. The quantitative estimate of drug-likeness (QED) is 0.736. The lowest BCUT2D eigenvalue weighted by Crippen LogP contribution is -2.23. The first-order valence-corrected chi connectivity index (χ1v) is 6.72. The lowest BCUT2D eigenvalue weighted by Gasteiger charge is -2.17. The molecule has 1 N–H and O–H groups in total. The minimum absolute atomic E-state index is 0.464. The zero-order valence-corrected chi connectivity index (χ0v) is 10.4. The molecule has 0 aromatic rings. The molecule has 84 valence electrons. The van der Waals surface area contributed by atoms with Gasteiger partial charge >= 0.3 is 0 Å². The molecule has 1 fully saturated rings. The first kappa shape index (κ1) is 12.3. The molecule has 0 spiro atoms. The van der Waals surface area contributed by atoms with Crippen LogP contribution >= 0.6 is 11.8 Å². The summed E-state index contributed by atoms with van der Waals surface area (Å²) in [6, 6.07) is 0. The van der Waals surface area contributed by atoms with Gasteiger partial charge in [0.05, 0.1) is 6.10 Å². The van der Waals surface area contributed by atoms with Crippen LogP contribution in [-0.2, 0) is 4.74 Å². The normalized spacial score (nSPS) is 29.4. The van der Waals surface area contributed by atoms with Crippen molar-refractivity contribution < 1.29 is 4.74 Å². The Balaban J connectivity index is 2.07. The van der Waals surface area contributed by atoms with Gasteiger partial charge in [-0.25, -0.2) is 0 Å². The lowest BCUT2D eigenvalue weighted by atomic mass is 10.2. The third kappa shape index (κ3) is 4.20. The molecule has 1 aliphatic heterocycles. The van der Waals surface area contributed by atoms with Crippen molar-refractivity contribution in [3.8, 4) is 0 Å². The molecule has 2 nitrogen and oxygen atoms in total. The summed E-state index contributed by atoms with van der Waals surface area (Å²) < 4.78 is 5.54. The molecule has 3 atom stereocenters. The SMILES string of the molecule is CCNCC(C)CSC1CCOC1C. The molecule has 3 unspecified atom stereocenters. The molecule has 0 aromatic heterocycles. The van der Waals surface area contributed by atoms with Gasteiger partial charge in [0.25, 0.3) is 0 Å². The summed E-state index contributed by atoms with van der Waals surface area (Å²) in [5.41, 5.74) is 0. The van der Waals surface area contributed by atoms with Gasteiger partial charge in [-0.2, -0.15) is 11.8 Å². The van der Waals surface area contributed by atoms with Gasteiger partial charge in [0.15, 0.2) is 0 Å². The molecule has 14 heavy (non-hydrogen) atoms. The van der Waals surface area contributed by atoms with E-state index in [1.54, 1.807) is 0 Å². The van der Waals surface area contributed by atoms with Gasteiger partial charge in [-0.15, -0.1) is 0 Å². The smallest absolute Gasteiger partial charge is 0.0666 e. The number of nitrogens with one attached hydrogen (secondary N) is 1. The van der Waals surface area contributed by atoms with Crippen LogP contribution < -0.4 is 5.32 Å². The molecule has 1 rings (SSSR count). The van der Waals surface area contributed by atoms with Crippen molar-refractivity contribution in [2.45, 2.75) is 38.5 Å². The number of hydrogen-bond acceptors (Lipinski definition) is 3. The number of ether oxygens (including phenoxy) is 1. The van der Waals surface area contributed by atoms with E-state index in [9.17, 15) is 0 Å². The minimum Gasteiger partial charge on any atom is -0.377 e. The summed E-state index contributed by atoms with van der Waals surface area (Å²) in [5.74, 6) is 2.03. The molecule has 3 heteroatoms. The summed E-state index contributed by atoms with van der Waals surface area (Å²) in [6.07, 6.45) is 1.70. The molecule has 0 radical (unpaired) electrons. The average molecular weight is 217 g/mol. The zero-order valence-electron chi connectivity index (χ0n) is 9.58. The van der Waals surface area contributed by atoms with Crippen molar-refractivity contribution in [2.24, 2.45) is 5.92 Å². The van der Waals surface area contributed by atoms with E-state index in [0.717, 1.165) is 30.9 Å². The fourth-order valence-electron chi connectivity index (χ4n) is 1.67. The van der Waals surface area contributed by atoms with Crippen LogP contribution in [0.5, 0.6) is 0 Å². The van der Waals surface area contributed by atoms with Crippen molar-refractivity contribution in [1.82, 2.24) is 5.32 Å². The average Bonchev–Trinajstić information content (AvgIpc) is 2.58. The van der Waals surface area contributed by atoms with Crippen LogP contribution in [0.3, 0.4) is 0 Å². The van der Waals surface area contributed by atoms with Crippen molar-refractivity contribution in [1.29, 1.82) is 0 Å². The van der Waals surface area contributed by atoms with Crippen LogP contribution in [0.1, 0.15) is 27.2 Å². The molecule has 0 aliphatic carbocycles. The van der Waals surface area contributed by atoms with Crippen LogP contribution in [0, 0.1) is 5.92 Å². The lowest BCUT2D eigenvalue weighted by molar-refractivity contribution is 0.127. The van der Waals surface area contributed by atoms with Gasteiger partial charge in [0.2, 0.25) is 0 Å². The monoisotopic (exact) mass is 217 g/mol. The summed E-state index contributed by atoms with van der Waals surface area (Å²) in [7, 11) is 0. The van der Waals surface area contributed by atoms with Crippen molar-refractivity contribution in [2.75, 3.05) is 25.4 Å². The Morgan fingerprint density at radius 3 is 2.93 bits per heavy atom. The second-order valence-electron chi connectivity index (χ2n) is 4.15. The van der Waals surface area contributed by atoms with Gasteiger partial charge < -0.3 is 10.1 Å². The highest BCUT2D eigenvalue weighted by Crippen LogP contribution is 2.27. The van der Waals surface area contributed by atoms with E-state index in [4.69, 9.17) is 4.74 Å². The molecule has 0 bridgehead atoms. The van der Waals surface area contributed by atoms with Crippen LogP contribution in [0.15, 0.2) is 0 Å². The predicted molar refractivity (Wildman–Crippen MR) is 64.0 cm³/mol. The zero-order chi connectivity index (χ0) is 10.4. The van der Waals surface area contributed by atoms with E-state index in [-0.39, 0.29) is 0 Å². The topological polar surface area (TPSA) is 21.3 Å². The van der Waals surface area contributed by atoms with Crippen LogP contribution in [0.25, 0.3) is 0 Å². The molecule has 1 heterocycles. The molecular formula is C11H23NOS. The summed E-state index contributed by atoms with van der Waals surface area (Å²) in [6.45, 7) is 9.85. The Hall–Kier alpha value is 0.270. The number of hydrogen-bond donors (Lipinski definition) is 1. The molecule has 1 saturated heterocycles. The maximum atomic E-state index is 5.54. The fourth-order valence-corrected chi connectivity index (χ4v) is 2.97. The van der Waals surface area contributed by atoms with Crippen LogP contribution in [-0.4, -0.2) is 36.8 Å². The maximum absolute atomic E-state index is 5.54. The van der Waals surface area contributed by atoms with Crippen molar-refractivity contribution in [3.63, 3.8) is 0 Å². The summed E-state index contributed by atoms with van der Waals surface area (Å²) in [5, 5.41) is 4.13. The van der Waals surface area contributed by atoms with Gasteiger partial charge in [-0.3, -0.25) is 0 Å². The van der Waals surface area contributed by atoms with E-state index in [1.807, 2.05) is 0 Å². The largest absolute Gasteiger partial charge is 0.377 e. The van der Waals surface area contributed by atoms with E-state index in [2.05, 4.69) is 37.8 Å². The fraction of sp³-hybridized carbons (Fsp3) is 1.00. The first-order valence-electron chi connectivity index (χ1n) is 5.68. The summed E-state index contributed by atoms with van der Waals surface area (Å²) >= 11 is 2.09. The highest BCUT2D eigenvalue weighted by Gasteiger charge is 2.24. The maximum Gasteiger partial charge on any atom is 0.0666 e. The second-order valence-corrected chi connectivity index (χ2v) is 5.42. The number of thioether (sulfide) groups is 1. The predicted octanol–water partition coefficient (Wildman–Crippen LogP) is 2.14.